The summed E-state index contributed by atoms with van der Waals surface area (Å²) in [4.78, 5) is 0. The molecule has 2 rings (SSSR count). The van der Waals surface area contributed by atoms with Crippen LogP contribution >= 0.6 is 27.7 Å². The molecule has 0 amide bonds. The predicted molar refractivity (Wildman–Crippen MR) is 72.7 cm³/mol. The van der Waals surface area contributed by atoms with Crippen molar-refractivity contribution in [2.75, 3.05) is 18.1 Å². The number of nitrogens with one attached hydrogen (secondary N) is 1. The van der Waals surface area contributed by atoms with Gasteiger partial charge in [0.25, 0.3) is 0 Å². The van der Waals surface area contributed by atoms with E-state index in [0.717, 1.165) is 28.0 Å². The van der Waals surface area contributed by atoms with Crippen LogP contribution in [0.25, 0.3) is 0 Å². The number of thioether (sulfide) groups is 1. The van der Waals surface area contributed by atoms with Gasteiger partial charge in [-0.15, -0.1) is 0 Å². The highest BCUT2D eigenvalue weighted by molar-refractivity contribution is 9.10. The zero-order valence-electron chi connectivity index (χ0n) is 9.38. The third-order valence-corrected chi connectivity index (χ3v) is 4.87. The maximum Gasteiger partial charge on any atom is 0.123 e. The molecule has 0 unspecified atom stereocenters. The zero-order chi connectivity index (χ0) is 12.3. The number of halogens is 2. The zero-order valence-corrected chi connectivity index (χ0v) is 11.8. The summed E-state index contributed by atoms with van der Waals surface area (Å²) in [5.41, 5.74) is 0.282. The average Bonchev–Trinajstić information content (AvgIpc) is 2.71. The van der Waals surface area contributed by atoms with Crippen molar-refractivity contribution in [1.82, 2.24) is 5.32 Å². The second-order valence-corrected chi connectivity index (χ2v) is 6.33. The average molecular weight is 320 g/mol. The maximum absolute atomic E-state index is 13.0. The molecule has 1 aromatic carbocycles. The fourth-order valence-electron chi connectivity index (χ4n) is 1.84. The summed E-state index contributed by atoms with van der Waals surface area (Å²) in [5.74, 6) is 1.56. The van der Waals surface area contributed by atoms with Gasteiger partial charge in [0.2, 0.25) is 0 Å². The molecule has 0 bridgehead atoms. The molecule has 1 aliphatic rings. The monoisotopic (exact) mass is 319 g/mol. The van der Waals surface area contributed by atoms with E-state index in [0.29, 0.717) is 13.1 Å². The van der Waals surface area contributed by atoms with Gasteiger partial charge in [0.05, 0.1) is 5.60 Å². The molecule has 5 heteroatoms. The Kier molecular flexibility index (Phi) is 4.47. The van der Waals surface area contributed by atoms with Crippen LogP contribution in [0.15, 0.2) is 22.7 Å². The van der Waals surface area contributed by atoms with Crippen LogP contribution in [0, 0.1) is 5.82 Å². The minimum absolute atomic E-state index is 0.236. The van der Waals surface area contributed by atoms with Crippen molar-refractivity contribution in [2.24, 2.45) is 0 Å². The van der Waals surface area contributed by atoms with E-state index in [9.17, 15) is 9.50 Å². The van der Waals surface area contributed by atoms with Gasteiger partial charge in [0.15, 0.2) is 0 Å². The topological polar surface area (TPSA) is 32.3 Å². The van der Waals surface area contributed by atoms with Crippen LogP contribution < -0.4 is 5.32 Å². The molecule has 0 aromatic heterocycles. The Morgan fingerprint density at radius 3 is 3.06 bits per heavy atom. The van der Waals surface area contributed by atoms with E-state index in [4.69, 9.17) is 0 Å². The minimum Gasteiger partial charge on any atom is -0.388 e. The van der Waals surface area contributed by atoms with E-state index < -0.39 is 5.60 Å². The number of aliphatic hydroxyl groups is 1. The smallest absolute Gasteiger partial charge is 0.123 e. The molecule has 1 aliphatic heterocycles. The van der Waals surface area contributed by atoms with Crippen LogP contribution in [0.5, 0.6) is 0 Å². The number of hydrogen-bond donors (Lipinski definition) is 2. The first-order chi connectivity index (χ1) is 8.09. The van der Waals surface area contributed by atoms with Crippen LogP contribution in [-0.4, -0.2) is 28.8 Å². The predicted octanol–water partition coefficient (Wildman–Crippen LogP) is 2.55. The summed E-state index contributed by atoms with van der Waals surface area (Å²) in [6.45, 7) is 1.12. The van der Waals surface area contributed by atoms with E-state index in [1.54, 1.807) is 17.8 Å². The first-order valence-corrected chi connectivity index (χ1v) is 7.49. The molecule has 1 fully saturated rings. The van der Waals surface area contributed by atoms with Gasteiger partial charge >= 0.3 is 0 Å². The third kappa shape index (κ3) is 3.68. The van der Waals surface area contributed by atoms with Gasteiger partial charge < -0.3 is 10.4 Å². The third-order valence-electron chi connectivity index (χ3n) is 2.86. The Labute approximate surface area is 113 Å². The van der Waals surface area contributed by atoms with E-state index >= 15 is 0 Å². The molecule has 0 saturated carbocycles. The Balaban J connectivity index is 1.87. The van der Waals surface area contributed by atoms with Gasteiger partial charge in [-0.1, -0.05) is 15.9 Å². The Bertz CT molecular complexity index is 396. The summed E-state index contributed by atoms with van der Waals surface area (Å²) < 4.78 is 13.9. The molecule has 0 spiro atoms. The van der Waals surface area contributed by atoms with Gasteiger partial charge in [-0.05, 0) is 35.9 Å². The van der Waals surface area contributed by atoms with Crippen molar-refractivity contribution in [3.8, 4) is 0 Å². The Morgan fingerprint density at radius 1 is 1.53 bits per heavy atom. The molecular weight excluding hydrogens is 305 g/mol. The summed E-state index contributed by atoms with van der Waals surface area (Å²) in [5, 5.41) is 13.3. The summed E-state index contributed by atoms with van der Waals surface area (Å²) in [7, 11) is 0. The molecule has 2 nitrogen and oxygen atoms in total. The largest absolute Gasteiger partial charge is 0.388 e. The summed E-state index contributed by atoms with van der Waals surface area (Å²) >= 11 is 5.16. The first kappa shape index (κ1) is 13.3. The van der Waals surface area contributed by atoms with Crippen LogP contribution in [0.2, 0.25) is 0 Å². The molecule has 1 atom stereocenters. The lowest BCUT2D eigenvalue weighted by Crippen LogP contribution is -2.40. The first-order valence-electron chi connectivity index (χ1n) is 5.54. The lowest BCUT2D eigenvalue weighted by atomic mass is 10.0. The molecule has 1 aromatic rings. The minimum atomic E-state index is -0.593. The van der Waals surface area contributed by atoms with Crippen LogP contribution in [0.1, 0.15) is 12.0 Å². The number of benzene rings is 1. The van der Waals surface area contributed by atoms with Gasteiger partial charge in [0.1, 0.15) is 5.82 Å². The lowest BCUT2D eigenvalue weighted by Gasteiger charge is -2.21. The highest BCUT2D eigenvalue weighted by atomic mass is 79.9. The highest BCUT2D eigenvalue weighted by Gasteiger charge is 2.30. The second kappa shape index (κ2) is 5.69. The van der Waals surface area contributed by atoms with Crippen molar-refractivity contribution in [2.45, 2.75) is 18.6 Å². The quantitative estimate of drug-likeness (QED) is 0.894. The lowest BCUT2D eigenvalue weighted by molar-refractivity contribution is 0.0674. The molecule has 1 heterocycles. The number of rotatable bonds is 4. The molecule has 1 saturated heterocycles. The molecule has 94 valence electrons. The molecule has 2 N–H and O–H groups in total. The van der Waals surface area contributed by atoms with Crippen LogP contribution in [0.3, 0.4) is 0 Å². The standard InChI is InChI=1S/C12H15BrFNOS/c13-11-2-1-10(14)5-9(11)6-15-7-12(16)3-4-17-8-12/h1-2,5,15-16H,3-4,6-8H2/t12-/m1/s1. The summed E-state index contributed by atoms with van der Waals surface area (Å²) in [6.07, 6.45) is 0.828. The van der Waals surface area contributed by atoms with Crippen molar-refractivity contribution in [3.05, 3.63) is 34.1 Å². The van der Waals surface area contributed by atoms with Gasteiger partial charge in [-0.2, -0.15) is 11.8 Å². The summed E-state index contributed by atoms with van der Waals surface area (Å²) in [6, 6.07) is 4.63. The fraction of sp³-hybridized carbons (Fsp3) is 0.500. The van der Waals surface area contributed by atoms with E-state index in [1.807, 2.05) is 0 Å². The molecule has 0 radical (unpaired) electrons. The molecular formula is C12H15BrFNOS. The van der Waals surface area contributed by atoms with Crippen molar-refractivity contribution < 1.29 is 9.50 Å². The maximum atomic E-state index is 13.0. The Hall–Kier alpha value is -0.100. The van der Waals surface area contributed by atoms with E-state index in [-0.39, 0.29) is 5.82 Å². The van der Waals surface area contributed by atoms with Crippen molar-refractivity contribution in [3.63, 3.8) is 0 Å². The normalized spacial score (nSPS) is 24.2. The van der Waals surface area contributed by atoms with Crippen molar-refractivity contribution >= 4 is 27.7 Å². The van der Waals surface area contributed by atoms with Crippen molar-refractivity contribution in [1.29, 1.82) is 0 Å². The molecule has 0 aliphatic carbocycles. The van der Waals surface area contributed by atoms with Gasteiger partial charge in [0, 0.05) is 23.3 Å². The fourth-order valence-corrected chi connectivity index (χ4v) is 3.53. The molecule has 17 heavy (non-hydrogen) atoms. The second-order valence-electron chi connectivity index (χ2n) is 4.37. The number of hydrogen-bond acceptors (Lipinski definition) is 3. The van der Waals surface area contributed by atoms with Gasteiger partial charge in [-0.3, -0.25) is 0 Å². The van der Waals surface area contributed by atoms with E-state index in [1.165, 1.54) is 12.1 Å². The van der Waals surface area contributed by atoms with Crippen LogP contribution in [-0.2, 0) is 6.54 Å². The van der Waals surface area contributed by atoms with E-state index in [2.05, 4.69) is 21.2 Å². The Morgan fingerprint density at radius 2 is 2.35 bits per heavy atom. The van der Waals surface area contributed by atoms with Gasteiger partial charge in [-0.25, -0.2) is 4.39 Å². The highest BCUT2D eigenvalue weighted by Crippen LogP contribution is 2.27. The SMILES string of the molecule is O[C@@]1(CNCc2cc(F)ccc2Br)CCSC1. The van der Waals surface area contributed by atoms with Crippen LogP contribution in [0.4, 0.5) is 4.39 Å².